The van der Waals surface area contributed by atoms with E-state index in [2.05, 4.69) is 10.1 Å². The summed E-state index contributed by atoms with van der Waals surface area (Å²) in [5, 5.41) is 14.0. The van der Waals surface area contributed by atoms with E-state index in [9.17, 15) is 14.7 Å². The quantitative estimate of drug-likeness (QED) is 0.862. The summed E-state index contributed by atoms with van der Waals surface area (Å²) in [6.45, 7) is 0. The Morgan fingerprint density at radius 3 is 2.65 bits per heavy atom. The lowest BCUT2D eigenvalue weighted by molar-refractivity contribution is -0.115. The van der Waals surface area contributed by atoms with Crippen molar-refractivity contribution in [3.63, 3.8) is 0 Å². The molecule has 0 spiro atoms. The van der Waals surface area contributed by atoms with E-state index < -0.39 is 0 Å². The van der Waals surface area contributed by atoms with Crippen molar-refractivity contribution < 1.29 is 19.2 Å². The molecular formula is C17H20N2O4. The zero-order chi connectivity index (χ0) is 16.4. The van der Waals surface area contributed by atoms with Crippen LogP contribution in [0.25, 0.3) is 0 Å². The molecule has 1 heterocycles. The molecule has 0 aromatic carbocycles. The van der Waals surface area contributed by atoms with Crippen molar-refractivity contribution >= 4 is 17.3 Å². The van der Waals surface area contributed by atoms with Crippen molar-refractivity contribution in [2.45, 2.75) is 51.4 Å². The lowest BCUT2D eigenvalue weighted by Gasteiger charge is -2.16. The lowest BCUT2D eigenvalue weighted by atomic mass is 9.89. The van der Waals surface area contributed by atoms with Crippen LogP contribution in [0.1, 0.15) is 60.3 Å². The van der Waals surface area contributed by atoms with Crippen molar-refractivity contribution in [3.05, 3.63) is 28.3 Å². The van der Waals surface area contributed by atoms with Crippen LogP contribution in [-0.2, 0) is 17.6 Å². The Bertz CT molecular complexity index is 712. The molecule has 0 saturated carbocycles. The van der Waals surface area contributed by atoms with Gasteiger partial charge in [0.1, 0.15) is 11.5 Å². The van der Waals surface area contributed by atoms with Gasteiger partial charge in [0.2, 0.25) is 0 Å². The van der Waals surface area contributed by atoms with E-state index in [1.54, 1.807) is 7.05 Å². The minimum Gasteiger partial charge on any atom is -0.511 e. The Kier molecular flexibility index (Phi) is 4.41. The van der Waals surface area contributed by atoms with Gasteiger partial charge in [0.15, 0.2) is 11.6 Å². The van der Waals surface area contributed by atoms with E-state index in [1.165, 1.54) is 0 Å². The molecular weight excluding hydrogens is 296 g/mol. The fourth-order valence-corrected chi connectivity index (χ4v) is 3.29. The predicted octanol–water partition coefficient (Wildman–Crippen LogP) is 2.76. The van der Waals surface area contributed by atoms with Crippen LogP contribution in [0.15, 0.2) is 20.8 Å². The molecule has 0 atom stereocenters. The van der Waals surface area contributed by atoms with E-state index in [1.807, 2.05) is 0 Å². The van der Waals surface area contributed by atoms with Crippen LogP contribution in [0.4, 0.5) is 0 Å². The van der Waals surface area contributed by atoms with Crippen molar-refractivity contribution in [3.8, 4) is 0 Å². The number of hydrogen-bond acceptors (Lipinski definition) is 6. The summed E-state index contributed by atoms with van der Waals surface area (Å²) in [5.41, 5.74) is 2.17. The van der Waals surface area contributed by atoms with Gasteiger partial charge in [0, 0.05) is 38.4 Å². The van der Waals surface area contributed by atoms with Gasteiger partial charge in [-0.2, -0.15) is 0 Å². The summed E-state index contributed by atoms with van der Waals surface area (Å²) in [6, 6.07) is 0. The lowest BCUT2D eigenvalue weighted by Crippen LogP contribution is -2.20. The summed E-state index contributed by atoms with van der Waals surface area (Å²) < 4.78 is 5.27. The minimum absolute atomic E-state index is 0.0624. The number of rotatable bonds is 4. The van der Waals surface area contributed by atoms with Crippen LogP contribution in [0.5, 0.6) is 0 Å². The van der Waals surface area contributed by atoms with Crippen molar-refractivity contribution in [1.29, 1.82) is 0 Å². The molecule has 6 heteroatoms. The molecule has 0 bridgehead atoms. The second-order valence-corrected chi connectivity index (χ2v) is 5.97. The van der Waals surface area contributed by atoms with Crippen LogP contribution in [0, 0.1) is 0 Å². The first-order chi connectivity index (χ1) is 11.1. The van der Waals surface area contributed by atoms with Crippen molar-refractivity contribution in [1.82, 2.24) is 5.16 Å². The molecule has 2 aliphatic carbocycles. The Morgan fingerprint density at radius 1 is 1.17 bits per heavy atom. The highest BCUT2D eigenvalue weighted by molar-refractivity contribution is 6.23. The maximum Gasteiger partial charge on any atom is 0.168 e. The van der Waals surface area contributed by atoms with Gasteiger partial charge >= 0.3 is 0 Å². The summed E-state index contributed by atoms with van der Waals surface area (Å²) in [4.78, 5) is 28.3. The van der Waals surface area contributed by atoms with Crippen molar-refractivity contribution in [2.24, 2.45) is 4.99 Å². The van der Waals surface area contributed by atoms with Gasteiger partial charge in [-0.05, 0) is 25.7 Å². The number of ketones is 2. The maximum absolute atomic E-state index is 12.1. The number of aliphatic hydroxyl groups excluding tert-OH is 1. The van der Waals surface area contributed by atoms with Gasteiger partial charge in [-0.15, -0.1) is 0 Å². The van der Waals surface area contributed by atoms with Crippen molar-refractivity contribution in [2.75, 3.05) is 7.05 Å². The molecule has 122 valence electrons. The average Bonchev–Trinajstić information content (AvgIpc) is 2.95. The fourth-order valence-electron chi connectivity index (χ4n) is 3.29. The number of nitrogens with zero attached hydrogens (tertiary/aromatic N) is 2. The zero-order valence-corrected chi connectivity index (χ0v) is 13.2. The Labute approximate surface area is 134 Å². The number of hydrogen-bond donors (Lipinski definition) is 1. The number of allylic oxidation sites excluding steroid dienone is 2. The number of aryl methyl sites for hydroxylation is 2. The minimum atomic E-state index is -0.0624. The normalized spacial score (nSPS) is 19.3. The topological polar surface area (TPSA) is 92.8 Å². The van der Waals surface area contributed by atoms with Gasteiger partial charge in [-0.25, -0.2) is 0 Å². The largest absolute Gasteiger partial charge is 0.511 e. The smallest absolute Gasteiger partial charge is 0.168 e. The summed E-state index contributed by atoms with van der Waals surface area (Å²) in [6.07, 6.45) is 4.63. The first-order valence-electron chi connectivity index (χ1n) is 8.03. The number of aromatic nitrogens is 1. The average molecular weight is 316 g/mol. The third-order valence-electron chi connectivity index (χ3n) is 4.46. The van der Waals surface area contributed by atoms with Gasteiger partial charge < -0.3 is 9.63 Å². The predicted molar refractivity (Wildman–Crippen MR) is 84.0 cm³/mol. The Morgan fingerprint density at radius 2 is 1.91 bits per heavy atom. The van der Waals surface area contributed by atoms with Crippen LogP contribution in [-0.4, -0.2) is 34.6 Å². The second kappa shape index (κ2) is 6.48. The molecule has 0 unspecified atom stereocenters. The van der Waals surface area contributed by atoms with Crippen LogP contribution in [0.2, 0.25) is 0 Å². The third kappa shape index (κ3) is 2.98. The zero-order valence-electron chi connectivity index (χ0n) is 13.2. The number of Topliss-reactive ketones (excluding diaryl/α,β-unsaturated/α-hetero) is 2. The first kappa shape index (κ1) is 15.6. The van der Waals surface area contributed by atoms with E-state index in [-0.39, 0.29) is 17.3 Å². The van der Waals surface area contributed by atoms with Crippen LogP contribution < -0.4 is 0 Å². The molecule has 0 amide bonds. The van der Waals surface area contributed by atoms with E-state index in [0.29, 0.717) is 66.8 Å². The number of carbonyl (C=O) groups is 2. The highest BCUT2D eigenvalue weighted by Gasteiger charge is 2.28. The van der Waals surface area contributed by atoms with E-state index in [4.69, 9.17) is 4.52 Å². The summed E-state index contributed by atoms with van der Waals surface area (Å²) in [5.74, 6) is 0.808. The summed E-state index contributed by atoms with van der Waals surface area (Å²) >= 11 is 0. The SMILES string of the molecule is CN=C(CCc1noc2c1C(=O)CCC2)C1=C(O)CCCC1=O. The molecule has 1 aromatic rings. The van der Waals surface area contributed by atoms with Gasteiger partial charge in [-0.1, -0.05) is 5.16 Å². The fraction of sp³-hybridized carbons (Fsp3) is 0.529. The molecule has 23 heavy (non-hydrogen) atoms. The van der Waals surface area contributed by atoms with Gasteiger partial charge in [0.05, 0.1) is 16.8 Å². The molecule has 1 N–H and O–H groups in total. The Hall–Kier alpha value is -2.24. The van der Waals surface area contributed by atoms with Crippen LogP contribution in [0.3, 0.4) is 0 Å². The highest BCUT2D eigenvalue weighted by Crippen LogP contribution is 2.27. The first-order valence-corrected chi connectivity index (χ1v) is 8.03. The molecule has 0 fully saturated rings. The second-order valence-electron chi connectivity index (χ2n) is 5.97. The molecule has 6 nitrogen and oxygen atoms in total. The molecule has 3 rings (SSSR count). The van der Waals surface area contributed by atoms with Crippen LogP contribution >= 0.6 is 0 Å². The van der Waals surface area contributed by atoms with E-state index >= 15 is 0 Å². The van der Waals surface area contributed by atoms with Gasteiger partial charge in [-0.3, -0.25) is 14.6 Å². The standard InChI is InChI=1S/C17H20N2O4/c1-18-10(16-12(20)4-2-5-13(16)21)8-9-11-17-14(22)6-3-7-15(17)23-19-11/h20H,2-9H2,1H3. The Balaban J connectivity index is 1.79. The van der Waals surface area contributed by atoms with E-state index in [0.717, 1.165) is 12.8 Å². The number of aliphatic hydroxyl groups is 1. The molecule has 2 aliphatic rings. The molecule has 0 aliphatic heterocycles. The highest BCUT2D eigenvalue weighted by atomic mass is 16.5. The summed E-state index contributed by atoms with van der Waals surface area (Å²) in [7, 11) is 1.61. The molecule has 0 saturated heterocycles. The van der Waals surface area contributed by atoms with Gasteiger partial charge in [0.25, 0.3) is 0 Å². The number of aliphatic imine (C=N–C) groups is 1. The maximum atomic E-state index is 12.1. The number of fused-ring (bicyclic) bond motifs is 1. The monoisotopic (exact) mass is 316 g/mol. The number of carbonyl (C=O) groups excluding carboxylic acids is 2. The molecule has 0 radical (unpaired) electrons. The molecule has 1 aromatic heterocycles. The third-order valence-corrected chi connectivity index (χ3v) is 4.46.